The summed E-state index contributed by atoms with van der Waals surface area (Å²) in [6.07, 6.45) is -1.85. The summed E-state index contributed by atoms with van der Waals surface area (Å²) in [5.41, 5.74) is 2.45. The number of anilines is 1. The summed E-state index contributed by atoms with van der Waals surface area (Å²) in [5.74, 6) is 0.441. The summed E-state index contributed by atoms with van der Waals surface area (Å²) in [6, 6.07) is 9.34. The van der Waals surface area contributed by atoms with Crippen molar-refractivity contribution < 1.29 is 22.7 Å². The molecule has 1 unspecified atom stereocenters. The Labute approximate surface area is 153 Å². The van der Waals surface area contributed by atoms with Gasteiger partial charge < -0.3 is 15.0 Å². The molecule has 0 saturated carbocycles. The third kappa shape index (κ3) is 3.49. The van der Waals surface area contributed by atoms with Gasteiger partial charge in [-0.05, 0) is 41.5 Å². The van der Waals surface area contributed by atoms with E-state index in [1.165, 1.54) is 19.1 Å². The van der Waals surface area contributed by atoms with Crippen molar-refractivity contribution in [2.45, 2.75) is 32.0 Å². The first kappa shape index (κ1) is 17.5. The predicted molar refractivity (Wildman–Crippen MR) is 95.9 cm³/mol. The molecule has 1 aromatic heterocycles. The number of H-pyrrole nitrogens is 1. The minimum Gasteiger partial charge on any atom is -0.490 e. The Kier molecular flexibility index (Phi) is 4.09. The molecule has 1 atom stereocenters. The maximum atomic E-state index is 12.9. The summed E-state index contributed by atoms with van der Waals surface area (Å²) in [7, 11) is 0. The van der Waals surface area contributed by atoms with Gasteiger partial charge in [0.1, 0.15) is 11.9 Å². The van der Waals surface area contributed by atoms with Crippen LogP contribution in [0.15, 0.2) is 42.6 Å². The van der Waals surface area contributed by atoms with Crippen molar-refractivity contribution >= 4 is 22.5 Å². The van der Waals surface area contributed by atoms with E-state index in [0.717, 1.165) is 22.5 Å². The number of alkyl halides is 3. The van der Waals surface area contributed by atoms with Crippen molar-refractivity contribution in [2.24, 2.45) is 0 Å². The average Bonchev–Trinajstić information content (AvgIpc) is 3.16. The molecule has 0 bridgehead atoms. The largest absolute Gasteiger partial charge is 0.490 e. The molecule has 1 aliphatic carbocycles. The highest BCUT2D eigenvalue weighted by molar-refractivity contribution is 6.01. The fourth-order valence-electron chi connectivity index (χ4n) is 3.50. The summed E-state index contributed by atoms with van der Waals surface area (Å²) >= 11 is 0. The Bertz CT molecular complexity index is 1020. The molecular formula is C20H17F3N2O2. The summed E-state index contributed by atoms with van der Waals surface area (Å²) in [5, 5.41) is 3.57. The maximum absolute atomic E-state index is 12.9. The van der Waals surface area contributed by atoms with Gasteiger partial charge in [0.25, 0.3) is 0 Å². The number of ether oxygens (including phenoxy) is 1. The van der Waals surface area contributed by atoms with Crippen LogP contribution in [0.4, 0.5) is 18.9 Å². The number of hydrogen-bond donors (Lipinski definition) is 2. The fraction of sp³-hybridized carbons (Fsp3) is 0.250. The lowest BCUT2D eigenvalue weighted by atomic mass is 10.1. The summed E-state index contributed by atoms with van der Waals surface area (Å²) in [4.78, 5) is 14.4. The standard InChI is InChI=1S/C20H17F3N2O2/c1-11(26)25-19-10-24-18-5-4-15(9-17(18)19)27-16-7-12-2-3-14(20(21,22)23)6-13(12)8-16/h2-6,9-10,16,24H,7-8H2,1H3,(H,25,26). The molecule has 3 aromatic rings. The lowest BCUT2D eigenvalue weighted by Crippen LogP contribution is -2.16. The zero-order valence-corrected chi connectivity index (χ0v) is 14.5. The number of rotatable bonds is 3. The normalized spacial score (nSPS) is 16.4. The Balaban J connectivity index is 1.53. The number of fused-ring (bicyclic) bond motifs is 2. The Hall–Kier alpha value is -2.96. The molecule has 0 saturated heterocycles. The number of halogens is 3. The SMILES string of the molecule is CC(=O)Nc1c[nH]c2ccc(OC3Cc4ccc(C(F)(F)F)cc4C3)cc12. The van der Waals surface area contributed by atoms with E-state index < -0.39 is 11.7 Å². The molecule has 1 aliphatic rings. The number of amides is 1. The first-order valence-corrected chi connectivity index (χ1v) is 8.54. The van der Waals surface area contributed by atoms with Crippen LogP contribution in [0.3, 0.4) is 0 Å². The van der Waals surface area contributed by atoms with Gasteiger partial charge in [-0.1, -0.05) is 6.07 Å². The Morgan fingerprint density at radius 1 is 1.15 bits per heavy atom. The Morgan fingerprint density at radius 2 is 1.93 bits per heavy atom. The van der Waals surface area contributed by atoms with E-state index in [-0.39, 0.29) is 12.0 Å². The second kappa shape index (κ2) is 6.33. The van der Waals surface area contributed by atoms with Gasteiger partial charge in [0.2, 0.25) is 5.91 Å². The van der Waals surface area contributed by atoms with Crippen molar-refractivity contribution in [1.82, 2.24) is 4.98 Å². The van der Waals surface area contributed by atoms with Crippen molar-refractivity contribution in [1.29, 1.82) is 0 Å². The van der Waals surface area contributed by atoms with Crippen LogP contribution in [0.25, 0.3) is 10.9 Å². The number of carbonyl (C=O) groups excluding carboxylic acids is 1. The van der Waals surface area contributed by atoms with Gasteiger partial charge in [-0.25, -0.2) is 0 Å². The molecular weight excluding hydrogens is 357 g/mol. The van der Waals surface area contributed by atoms with E-state index in [0.29, 0.717) is 29.8 Å². The second-order valence-corrected chi connectivity index (χ2v) is 6.72. The molecule has 0 aliphatic heterocycles. The molecule has 1 heterocycles. The van der Waals surface area contributed by atoms with Crippen LogP contribution in [0.1, 0.15) is 23.6 Å². The minimum atomic E-state index is -4.34. The van der Waals surface area contributed by atoms with Crippen LogP contribution in [0.5, 0.6) is 5.75 Å². The fourth-order valence-corrected chi connectivity index (χ4v) is 3.50. The van der Waals surface area contributed by atoms with Gasteiger partial charge in [-0.2, -0.15) is 13.2 Å². The van der Waals surface area contributed by atoms with E-state index >= 15 is 0 Å². The molecule has 1 amide bonds. The lowest BCUT2D eigenvalue weighted by Gasteiger charge is -2.13. The molecule has 2 N–H and O–H groups in total. The number of benzene rings is 2. The highest BCUT2D eigenvalue weighted by Crippen LogP contribution is 2.34. The van der Waals surface area contributed by atoms with Crippen LogP contribution < -0.4 is 10.1 Å². The molecule has 4 nitrogen and oxygen atoms in total. The van der Waals surface area contributed by atoms with Gasteiger partial charge in [-0.15, -0.1) is 0 Å². The topological polar surface area (TPSA) is 54.1 Å². The average molecular weight is 374 g/mol. The maximum Gasteiger partial charge on any atom is 0.416 e. The number of aromatic nitrogens is 1. The van der Waals surface area contributed by atoms with Gasteiger partial charge in [0.05, 0.1) is 11.3 Å². The van der Waals surface area contributed by atoms with E-state index in [4.69, 9.17) is 4.74 Å². The first-order valence-electron chi connectivity index (χ1n) is 8.54. The van der Waals surface area contributed by atoms with Crippen LogP contribution in [0.2, 0.25) is 0 Å². The van der Waals surface area contributed by atoms with Crippen molar-refractivity contribution in [2.75, 3.05) is 5.32 Å². The Morgan fingerprint density at radius 3 is 2.67 bits per heavy atom. The van der Waals surface area contributed by atoms with Crippen LogP contribution in [0, 0.1) is 0 Å². The molecule has 140 valence electrons. The van der Waals surface area contributed by atoms with Crippen molar-refractivity contribution in [3.05, 3.63) is 59.3 Å². The van der Waals surface area contributed by atoms with Gasteiger partial charge in [-0.3, -0.25) is 4.79 Å². The zero-order valence-electron chi connectivity index (χ0n) is 14.5. The monoisotopic (exact) mass is 374 g/mol. The number of carbonyl (C=O) groups is 1. The van der Waals surface area contributed by atoms with Crippen LogP contribution in [-0.4, -0.2) is 17.0 Å². The number of hydrogen-bond acceptors (Lipinski definition) is 2. The predicted octanol–water partition coefficient (Wildman–Crippen LogP) is 4.69. The number of aromatic amines is 1. The molecule has 7 heteroatoms. The molecule has 2 aromatic carbocycles. The summed E-state index contributed by atoms with van der Waals surface area (Å²) in [6.45, 7) is 1.43. The molecule has 0 spiro atoms. The minimum absolute atomic E-state index is 0.172. The summed E-state index contributed by atoms with van der Waals surface area (Å²) < 4.78 is 44.7. The zero-order chi connectivity index (χ0) is 19.2. The second-order valence-electron chi connectivity index (χ2n) is 6.72. The smallest absolute Gasteiger partial charge is 0.416 e. The highest BCUT2D eigenvalue weighted by Gasteiger charge is 2.33. The van der Waals surface area contributed by atoms with Gasteiger partial charge >= 0.3 is 6.18 Å². The quantitative estimate of drug-likeness (QED) is 0.699. The van der Waals surface area contributed by atoms with Crippen molar-refractivity contribution in [3.63, 3.8) is 0 Å². The third-order valence-electron chi connectivity index (χ3n) is 4.70. The van der Waals surface area contributed by atoms with Gasteiger partial charge in [0, 0.05) is 36.9 Å². The van der Waals surface area contributed by atoms with E-state index in [1.54, 1.807) is 12.3 Å². The van der Waals surface area contributed by atoms with E-state index in [1.807, 2.05) is 12.1 Å². The lowest BCUT2D eigenvalue weighted by molar-refractivity contribution is -0.137. The highest BCUT2D eigenvalue weighted by atomic mass is 19.4. The molecule has 4 rings (SSSR count). The molecule has 0 fully saturated rings. The number of nitrogens with one attached hydrogen (secondary N) is 2. The first-order chi connectivity index (χ1) is 12.8. The third-order valence-corrected chi connectivity index (χ3v) is 4.70. The molecule has 27 heavy (non-hydrogen) atoms. The molecule has 0 radical (unpaired) electrons. The van der Waals surface area contributed by atoms with Gasteiger partial charge in [0.15, 0.2) is 0 Å². The van der Waals surface area contributed by atoms with E-state index in [2.05, 4.69) is 10.3 Å². The van der Waals surface area contributed by atoms with Crippen LogP contribution in [-0.2, 0) is 23.8 Å². The van der Waals surface area contributed by atoms with Crippen molar-refractivity contribution in [3.8, 4) is 5.75 Å². The van der Waals surface area contributed by atoms with Crippen LogP contribution >= 0.6 is 0 Å². The van der Waals surface area contributed by atoms with E-state index in [9.17, 15) is 18.0 Å².